The van der Waals surface area contributed by atoms with Crippen molar-refractivity contribution >= 4 is 70.5 Å². The Morgan fingerprint density at radius 3 is 1.46 bits per heavy atom. The predicted octanol–water partition coefficient (Wildman–Crippen LogP) is 17.2. The van der Waals surface area contributed by atoms with Crippen LogP contribution in [0.1, 0.15) is 0 Å². The van der Waals surface area contributed by atoms with Gasteiger partial charge >= 0.3 is 0 Å². The summed E-state index contributed by atoms with van der Waals surface area (Å²) < 4.78 is 8.83. The Morgan fingerprint density at radius 1 is 0.317 bits per heavy atom. The highest BCUT2D eigenvalue weighted by atomic mass is 32.1. The van der Waals surface area contributed by atoms with Crippen molar-refractivity contribution in [3.63, 3.8) is 0 Å². The number of anilines is 3. The van der Waals surface area contributed by atoms with Crippen LogP contribution in [0.4, 0.5) is 17.1 Å². The van der Waals surface area contributed by atoms with Gasteiger partial charge in [0.1, 0.15) is 11.2 Å². The first kappa shape index (κ1) is 36.8. The lowest BCUT2D eigenvalue weighted by Gasteiger charge is -2.26. The molecule has 63 heavy (non-hydrogen) atoms. The van der Waals surface area contributed by atoms with Crippen molar-refractivity contribution in [3.8, 4) is 55.8 Å². The van der Waals surface area contributed by atoms with Crippen molar-refractivity contribution in [2.75, 3.05) is 4.90 Å². The van der Waals surface area contributed by atoms with Crippen molar-refractivity contribution in [2.24, 2.45) is 0 Å². The van der Waals surface area contributed by atoms with Gasteiger partial charge in [-0.3, -0.25) is 4.98 Å². The standard InChI is InChI=1S/C59H38N2OS/c1-3-11-39(12-4-1)41-19-25-48(26-20-41)61(49-27-21-42(22-28-49)40-13-5-2-6-14-40)50-29-30-55(60-38-50)47-34-45(43-23-31-57-53(36-43)51-15-7-9-17-56(51)62-57)33-46(35-47)44-24-32-59-54(37-44)52-16-8-10-18-58(52)63-59/h1-38H. The second-order valence-corrected chi connectivity index (χ2v) is 17.1. The van der Waals surface area contributed by atoms with Crippen LogP contribution in [0, 0.1) is 0 Å². The highest BCUT2D eigenvalue weighted by Gasteiger charge is 2.17. The third-order valence-corrected chi connectivity index (χ3v) is 13.3. The molecule has 0 saturated carbocycles. The SMILES string of the molecule is c1ccc(-c2ccc(N(c3ccc(-c4ccccc4)cc3)c3ccc(-c4cc(-c5ccc6oc7ccccc7c6c5)cc(-c5ccc6sc7ccccc7c6c5)c4)nc3)cc2)cc1. The summed E-state index contributed by atoms with van der Waals surface area (Å²) in [6.07, 6.45) is 2.01. The molecule has 9 aromatic carbocycles. The Balaban J connectivity index is 0.970. The van der Waals surface area contributed by atoms with Gasteiger partial charge in [-0.25, -0.2) is 0 Å². The van der Waals surface area contributed by atoms with E-state index in [1.165, 1.54) is 48.0 Å². The van der Waals surface area contributed by atoms with E-state index in [1.807, 2.05) is 29.7 Å². The van der Waals surface area contributed by atoms with Gasteiger partial charge in [0, 0.05) is 47.9 Å². The molecule has 12 rings (SSSR count). The van der Waals surface area contributed by atoms with Crippen molar-refractivity contribution in [1.29, 1.82) is 0 Å². The average molecular weight is 823 g/mol. The van der Waals surface area contributed by atoms with Crippen molar-refractivity contribution < 1.29 is 4.42 Å². The zero-order chi connectivity index (χ0) is 41.7. The zero-order valence-electron chi connectivity index (χ0n) is 34.2. The lowest BCUT2D eigenvalue weighted by atomic mass is 9.93. The van der Waals surface area contributed by atoms with Crippen LogP contribution in [0.25, 0.3) is 97.9 Å². The van der Waals surface area contributed by atoms with Crippen molar-refractivity contribution in [1.82, 2.24) is 4.98 Å². The second-order valence-electron chi connectivity index (χ2n) is 16.0. The Morgan fingerprint density at radius 2 is 0.810 bits per heavy atom. The third kappa shape index (κ3) is 6.84. The van der Waals surface area contributed by atoms with Crippen LogP contribution in [0.3, 0.4) is 0 Å². The number of nitrogens with zero attached hydrogens (tertiary/aromatic N) is 2. The van der Waals surface area contributed by atoms with Crippen LogP contribution < -0.4 is 4.90 Å². The summed E-state index contributed by atoms with van der Waals surface area (Å²) in [5, 5.41) is 4.80. The lowest BCUT2D eigenvalue weighted by Crippen LogP contribution is -2.10. The first-order valence-corrected chi connectivity index (χ1v) is 22.1. The number of para-hydroxylation sites is 1. The van der Waals surface area contributed by atoms with Gasteiger partial charge in [0.05, 0.1) is 17.6 Å². The van der Waals surface area contributed by atoms with Crippen LogP contribution in [0.15, 0.2) is 235 Å². The number of hydrogen-bond acceptors (Lipinski definition) is 4. The van der Waals surface area contributed by atoms with E-state index in [-0.39, 0.29) is 0 Å². The fourth-order valence-electron chi connectivity index (χ4n) is 8.92. The van der Waals surface area contributed by atoms with Crippen LogP contribution in [0.5, 0.6) is 0 Å². The quantitative estimate of drug-likeness (QED) is 0.153. The van der Waals surface area contributed by atoms with E-state index in [2.05, 4.69) is 217 Å². The topological polar surface area (TPSA) is 29.3 Å². The van der Waals surface area contributed by atoms with E-state index in [4.69, 9.17) is 9.40 Å². The molecule has 0 amide bonds. The molecule has 0 aliphatic heterocycles. The fraction of sp³-hybridized carbons (Fsp3) is 0. The summed E-state index contributed by atoms with van der Waals surface area (Å²) in [4.78, 5) is 7.52. The van der Waals surface area contributed by atoms with Gasteiger partial charge in [-0.2, -0.15) is 0 Å². The highest BCUT2D eigenvalue weighted by Crippen LogP contribution is 2.41. The molecule has 0 bridgehead atoms. The van der Waals surface area contributed by atoms with Gasteiger partial charge in [-0.1, -0.05) is 133 Å². The third-order valence-electron chi connectivity index (χ3n) is 12.1. The number of fused-ring (bicyclic) bond motifs is 6. The highest BCUT2D eigenvalue weighted by molar-refractivity contribution is 7.25. The van der Waals surface area contributed by atoms with Crippen LogP contribution in [-0.2, 0) is 0 Å². The van der Waals surface area contributed by atoms with E-state index in [9.17, 15) is 0 Å². The molecule has 3 heterocycles. The Kier molecular flexibility index (Phi) is 9.02. The normalized spacial score (nSPS) is 11.5. The summed E-state index contributed by atoms with van der Waals surface area (Å²) in [7, 11) is 0. The summed E-state index contributed by atoms with van der Waals surface area (Å²) in [6.45, 7) is 0. The number of pyridine rings is 1. The molecule has 296 valence electrons. The summed E-state index contributed by atoms with van der Waals surface area (Å²) >= 11 is 1.84. The molecule has 3 nitrogen and oxygen atoms in total. The first-order valence-electron chi connectivity index (χ1n) is 21.2. The van der Waals surface area contributed by atoms with Gasteiger partial charge in [-0.05, 0) is 136 Å². The first-order chi connectivity index (χ1) is 31.2. The van der Waals surface area contributed by atoms with Crippen molar-refractivity contribution in [2.45, 2.75) is 0 Å². The summed E-state index contributed by atoms with van der Waals surface area (Å²) in [5.41, 5.74) is 16.1. The van der Waals surface area contributed by atoms with Gasteiger partial charge in [-0.15, -0.1) is 11.3 Å². The van der Waals surface area contributed by atoms with Gasteiger partial charge in [0.25, 0.3) is 0 Å². The molecule has 0 fully saturated rings. The summed E-state index contributed by atoms with van der Waals surface area (Å²) in [5.74, 6) is 0. The molecule has 0 N–H and O–H groups in total. The fourth-order valence-corrected chi connectivity index (χ4v) is 10.0. The molecule has 0 aliphatic rings. The second kappa shape index (κ2) is 15.4. The molecule has 12 aromatic rings. The number of hydrogen-bond donors (Lipinski definition) is 0. The Bertz CT molecular complexity index is 3380. The van der Waals surface area contributed by atoms with Gasteiger partial charge < -0.3 is 9.32 Å². The maximum absolute atomic E-state index is 6.23. The van der Waals surface area contributed by atoms with E-state index < -0.39 is 0 Å². The van der Waals surface area contributed by atoms with E-state index in [1.54, 1.807) is 0 Å². The predicted molar refractivity (Wildman–Crippen MR) is 266 cm³/mol. The van der Waals surface area contributed by atoms with E-state index >= 15 is 0 Å². The maximum Gasteiger partial charge on any atom is 0.135 e. The lowest BCUT2D eigenvalue weighted by molar-refractivity contribution is 0.669. The molecule has 4 heteroatoms. The number of thiophene rings is 1. The molecule has 3 aromatic heterocycles. The largest absolute Gasteiger partial charge is 0.456 e. The van der Waals surface area contributed by atoms with Gasteiger partial charge in [0.2, 0.25) is 0 Å². The number of aromatic nitrogens is 1. The van der Waals surface area contributed by atoms with Crippen LogP contribution in [0.2, 0.25) is 0 Å². The minimum Gasteiger partial charge on any atom is -0.456 e. The van der Waals surface area contributed by atoms with Crippen LogP contribution in [-0.4, -0.2) is 4.98 Å². The van der Waals surface area contributed by atoms with Crippen molar-refractivity contribution in [3.05, 3.63) is 231 Å². The zero-order valence-corrected chi connectivity index (χ0v) is 35.0. The molecule has 0 saturated heterocycles. The molecule has 0 spiro atoms. The molecule has 0 aliphatic carbocycles. The van der Waals surface area contributed by atoms with Gasteiger partial charge in [0.15, 0.2) is 0 Å². The molecular weight excluding hydrogens is 785 g/mol. The summed E-state index contributed by atoms with van der Waals surface area (Å²) in [6, 6.07) is 80.2. The number of furan rings is 1. The maximum atomic E-state index is 6.23. The van der Waals surface area contributed by atoms with E-state index in [0.717, 1.165) is 66.9 Å². The Labute approximate surface area is 369 Å². The average Bonchev–Trinajstić information content (AvgIpc) is 3.93. The number of benzene rings is 9. The molecular formula is C59H38N2OS. The molecule has 0 unspecified atom stereocenters. The Hall–Kier alpha value is -8.05. The minimum absolute atomic E-state index is 0.886. The van der Waals surface area contributed by atoms with Crippen LogP contribution >= 0.6 is 11.3 Å². The molecule has 0 atom stereocenters. The smallest absolute Gasteiger partial charge is 0.135 e. The minimum atomic E-state index is 0.886. The monoisotopic (exact) mass is 822 g/mol. The molecule has 0 radical (unpaired) electrons. The van der Waals surface area contributed by atoms with E-state index in [0.29, 0.717) is 0 Å². The number of rotatable bonds is 8.